The lowest BCUT2D eigenvalue weighted by Crippen LogP contribution is -2.11. The number of carbonyl (C=O) groups excluding carboxylic acids is 1. The minimum absolute atomic E-state index is 0.0867. The summed E-state index contributed by atoms with van der Waals surface area (Å²) < 4.78 is 0. The molecule has 0 unspecified atom stereocenters. The van der Waals surface area contributed by atoms with Crippen LogP contribution in [-0.2, 0) is 5.41 Å². The van der Waals surface area contributed by atoms with E-state index in [1.807, 2.05) is 12.1 Å². The highest BCUT2D eigenvalue weighted by Gasteiger charge is 2.14. The molecule has 1 aromatic carbocycles. The Morgan fingerprint density at radius 1 is 1.19 bits per heavy atom. The van der Waals surface area contributed by atoms with Gasteiger partial charge in [0.25, 0.3) is 0 Å². The lowest BCUT2D eigenvalue weighted by Gasteiger charge is -2.18. The van der Waals surface area contributed by atoms with Crippen LogP contribution in [-0.4, -0.2) is 10.9 Å². The highest BCUT2D eigenvalue weighted by molar-refractivity contribution is 6.08. The Kier molecular flexibility index (Phi) is 3.53. The molecule has 0 aliphatic heterocycles. The maximum absolute atomic E-state index is 11.7. The summed E-state index contributed by atoms with van der Waals surface area (Å²) in [5.74, 6) is -0.136. The minimum atomic E-state index is -0.136. The zero-order valence-electron chi connectivity index (χ0n) is 10.2. The van der Waals surface area contributed by atoms with Crippen LogP contribution < -0.4 is 0 Å². The first-order valence-corrected chi connectivity index (χ1v) is 5.32. The summed E-state index contributed by atoms with van der Waals surface area (Å²) >= 11 is 0. The molecule has 2 nitrogen and oxygen atoms in total. The van der Waals surface area contributed by atoms with E-state index in [-0.39, 0.29) is 11.2 Å². The van der Waals surface area contributed by atoms with Crippen molar-refractivity contribution in [2.45, 2.75) is 33.1 Å². The predicted octanol–water partition coefficient (Wildman–Crippen LogP) is 3.63. The fraction of sp³-hybridized carbons (Fsp3) is 0.357. The monoisotopic (exact) mass is 218 g/mol. The molecular formula is C14H18O2. The third-order valence-electron chi connectivity index (χ3n) is 2.56. The number of hydrogen-bond donors (Lipinski definition) is 1. The molecular weight excluding hydrogens is 200 g/mol. The Hall–Kier alpha value is -1.57. The second-order valence-corrected chi connectivity index (χ2v) is 4.97. The van der Waals surface area contributed by atoms with Crippen LogP contribution in [0.5, 0.6) is 0 Å². The van der Waals surface area contributed by atoms with Crippen molar-refractivity contribution in [2.75, 3.05) is 0 Å². The molecule has 0 aliphatic carbocycles. The number of Topliss-reactive ketones (excluding diaryl/α,β-unsaturated/α-hetero) is 1. The van der Waals surface area contributed by atoms with Gasteiger partial charge in [-0.2, -0.15) is 0 Å². The molecule has 0 heterocycles. The van der Waals surface area contributed by atoms with Gasteiger partial charge in [0.05, 0.1) is 6.26 Å². The van der Waals surface area contributed by atoms with Crippen molar-refractivity contribution < 1.29 is 9.90 Å². The summed E-state index contributed by atoms with van der Waals surface area (Å²) in [5, 5.41) is 8.77. The zero-order valence-corrected chi connectivity index (χ0v) is 10.2. The van der Waals surface area contributed by atoms with Crippen LogP contribution in [0.4, 0.5) is 0 Å². The van der Waals surface area contributed by atoms with Gasteiger partial charge in [-0.1, -0.05) is 45.0 Å². The molecule has 1 rings (SSSR count). The number of aliphatic hydroxyl groups excluding tert-OH is 1. The van der Waals surface area contributed by atoms with Crippen LogP contribution in [0.15, 0.2) is 36.1 Å². The van der Waals surface area contributed by atoms with Crippen LogP contribution in [0.3, 0.4) is 0 Å². The average molecular weight is 218 g/mol. The van der Waals surface area contributed by atoms with E-state index in [9.17, 15) is 4.79 Å². The molecule has 0 spiro atoms. The van der Waals surface area contributed by atoms with Gasteiger partial charge in [-0.3, -0.25) is 4.79 Å². The van der Waals surface area contributed by atoms with E-state index in [1.165, 1.54) is 5.56 Å². The van der Waals surface area contributed by atoms with E-state index in [4.69, 9.17) is 5.11 Å². The molecule has 0 fully saturated rings. The van der Waals surface area contributed by atoms with Crippen LogP contribution in [0, 0.1) is 0 Å². The Morgan fingerprint density at radius 2 is 1.69 bits per heavy atom. The molecule has 1 N–H and O–H groups in total. The van der Waals surface area contributed by atoms with Gasteiger partial charge in [-0.05, 0) is 17.9 Å². The van der Waals surface area contributed by atoms with Crippen molar-refractivity contribution in [3.8, 4) is 0 Å². The Morgan fingerprint density at radius 3 is 2.06 bits per heavy atom. The maximum Gasteiger partial charge on any atom is 0.191 e. The second-order valence-electron chi connectivity index (χ2n) is 4.97. The van der Waals surface area contributed by atoms with E-state index < -0.39 is 0 Å². The molecule has 0 aliphatic rings. The molecule has 2 heteroatoms. The molecule has 1 aromatic rings. The van der Waals surface area contributed by atoms with Gasteiger partial charge >= 0.3 is 0 Å². The number of benzene rings is 1. The van der Waals surface area contributed by atoms with Gasteiger partial charge in [0.2, 0.25) is 0 Å². The van der Waals surface area contributed by atoms with E-state index >= 15 is 0 Å². The van der Waals surface area contributed by atoms with Crippen LogP contribution in [0.1, 0.15) is 43.6 Å². The van der Waals surface area contributed by atoms with Gasteiger partial charge in [0.15, 0.2) is 5.78 Å². The first-order chi connectivity index (χ1) is 7.36. The summed E-state index contributed by atoms with van der Waals surface area (Å²) in [4.78, 5) is 11.7. The Bertz CT molecular complexity index is 405. The van der Waals surface area contributed by atoms with Crippen molar-refractivity contribution in [1.29, 1.82) is 0 Å². The number of rotatable bonds is 2. The number of aliphatic hydroxyl groups is 1. The second kappa shape index (κ2) is 4.52. The smallest absolute Gasteiger partial charge is 0.191 e. The number of hydrogen-bond acceptors (Lipinski definition) is 2. The third kappa shape index (κ3) is 2.72. The molecule has 0 aromatic heterocycles. The van der Waals surface area contributed by atoms with Crippen molar-refractivity contribution in [3.63, 3.8) is 0 Å². The topological polar surface area (TPSA) is 37.3 Å². The lowest BCUT2D eigenvalue weighted by molar-refractivity contribution is 0.103. The number of ketones is 1. The Balaban J connectivity index is 3.01. The maximum atomic E-state index is 11.7. The fourth-order valence-electron chi connectivity index (χ4n) is 1.41. The number of allylic oxidation sites excluding steroid dienone is 1. The van der Waals surface area contributed by atoms with Crippen molar-refractivity contribution >= 4 is 5.78 Å². The molecule has 0 saturated carbocycles. The molecule has 16 heavy (non-hydrogen) atoms. The van der Waals surface area contributed by atoms with Gasteiger partial charge in [-0.15, -0.1) is 0 Å². The molecule has 0 radical (unpaired) electrons. The van der Waals surface area contributed by atoms with Crippen molar-refractivity contribution in [1.82, 2.24) is 0 Å². The van der Waals surface area contributed by atoms with Gasteiger partial charge in [-0.25, -0.2) is 0 Å². The van der Waals surface area contributed by atoms with E-state index in [1.54, 1.807) is 19.1 Å². The van der Waals surface area contributed by atoms with Gasteiger partial charge in [0, 0.05) is 11.1 Å². The van der Waals surface area contributed by atoms with E-state index in [2.05, 4.69) is 20.8 Å². The summed E-state index contributed by atoms with van der Waals surface area (Å²) in [6, 6.07) is 7.52. The minimum Gasteiger partial charge on any atom is -0.515 e. The molecule has 0 atom stereocenters. The van der Waals surface area contributed by atoms with Crippen LogP contribution in [0.25, 0.3) is 0 Å². The third-order valence-corrected chi connectivity index (χ3v) is 2.56. The van der Waals surface area contributed by atoms with Crippen LogP contribution in [0.2, 0.25) is 0 Å². The van der Waals surface area contributed by atoms with Gasteiger partial charge in [0.1, 0.15) is 0 Å². The Labute approximate surface area is 96.6 Å². The van der Waals surface area contributed by atoms with Gasteiger partial charge < -0.3 is 5.11 Å². The average Bonchev–Trinajstić information content (AvgIpc) is 2.26. The molecule has 86 valence electrons. The SMILES string of the molecule is CC(=CO)C(=O)c1ccc(C(C)(C)C)cc1. The first kappa shape index (κ1) is 12.5. The summed E-state index contributed by atoms with van der Waals surface area (Å²) in [6.07, 6.45) is 0.847. The molecule has 0 bridgehead atoms. The quantitative estimate of drug-likeness (QED) is 0.467. The molecule has 0 amide bonds. The summed E-state index contributed by atoms with van der Waals surface area (Å²) in [6.45, 7) is 7.98. The normalized spacial score (nSPS) is 12.6. The number of carbonyl (C=O) groups is 1. The summed E-state index contributed by atoms with van der Waals surface area (Å²) in [5.41, 5.74) is 2.23. The predicted molar refractivity (Wildman–Crippen MR) is 65.9 cm³/mol. The molecule has 0 saturated heterocycles. The van der Waals surface area contributed by atoms with E-state index in [0.717, 1.165) is 6.26 Å². The van der Waals surface area contributed by atoms with Crippen molar-refractivity contribution in [3.05, 3.63) is 47.2 Å². The standard InChI is InChI=1S/C14H18O2/c1-10(9-15)13(16)11-5-7-12(8-6-11)14(2,3)4/h5-9,15H,1-4H3. The largest absolute Gasteiger partial charge is 0.515 e. The lowest BCUT2D eigenvalue weighted by atomic mass is 9.86. The van der Waals surface area contributed by atoms with E-state index in [0.29, 0.717) is 11.1 Å². The fourth-order valence-corrected chi connectivity index (χ4v) is 1.41. The zero-order chi connectivity index (χ0) is 12.3. The van der Waals surface area contributed by atoms with Crippen molar-refractivity contribution in [2.24, 2.45) is 0 Å². The summed E-state index contributed by atoms with van der Waals surface area (Å²) in [7, 11) is 0. The first-order valence-electron chi connectivity index (χ1n) is 5.32. The highest BCUT2D eigenvalue weighted by atomic mass is 16.2. The highest BCUT2D eigenvalue weighted by Crippen LogP contribution is 2.22. The van der Waals surface area contributed by atoms with Crippen LogP contribution >= 0.6 is 0 Å².